The average molecular weight is 476 g/mol. The van der Waals surface area contributed by atoms with Crippen LogP contribution in [0.4, 0.5) is 0 Å². The van der Waals surface area contributed by atoms with Crippen LogP contribution < -0.4 is 0 Å². The average Bonchev–Trinajstić information content (AvgIpc) is 2.63. The van der Waals surface area contributed by atoms with Crippen molar-refractivity contribution in [2.75, 3.05) is 0 Å². The van der Waals surface area contributed by atoms with Gasteiger partial charge in [0.05, 0.1) is 9.09 Å². The van der Waals surface area contributed by atoms with Crippen LogP contribution in [0.15, 0.2) is 8.95 Å². The zero-order valence-corrected chi connectivity index (χ0v) is 14.1. The first-order chi connectivity index (χ1) is 7.61. The molecule has 0 atom stereocenters. The first-order valence-electron chi connectivity index (χ1n) is 4.82. The van der Waals surface area contributed by atoms with Crippen LogP contribution in [0.3, 0.4) is 0 Å². The van der Waals surface area contributed by atoms with Crippen molar-refractivity contribution in [2.24, 2.45) is 0 Å². The third-order valence-corrected chi connectivity index (χ3v) is 7.15. The van der Waals surface area contributed by atoms with Crippen LogP contribution in [0.25, 0.3) is 11.0 Å². The molecule has 0 bridgehead atoms. The summed E-state index contributed by atoms with van der Waals surface area (Å²) in [5.74, 6) is 0. The van der Waals surface area contributed by atoms with Gasteiger partial charge < -0.3 is 4.57 Å². The number of hydrogen-bond donors (Lipinski definition) is 0. The molecule has 1 aliphatic rings. The molecule has 2 heterocycles. The highest BCUT2D eigenvalue weighted by Gasteiger charge is 2.23. The molecule has 6 heteroatoms. The largest absolute Gasteiger partial charge is 0.314 e. The van der Waals surface area contributed by atoms with Crippen LogP contribution in [0.5, 0.6) is 0 Å². The lowest BCUT2D eigenvalue weighted by atomic mass is 10.0. The molecule has 0 radical (unpaired) electrons. The second kappa shape index (κ2) is 4.10. The fourth-order valence-electron chi connectivity index (χ4n) is 2.17. The van der Waals surface area contributed by atoms with Gasteiger partial charge in [-0.15, -0.1) is 0 Å². The summed E-state index contributed by atoms with van der Waals surface area (Å²) in [5, 5.41) is 0.596. The van der Waals surface area contributed by atoms with E-state index in [1.54, 1.807) is 0 Å². The van der Waals surface area contributed by atoms with E-state index in [2.05, 4.69) is 64.0 Å². The molecule has 0 aliphatic carbocycles. The Morgan fingerprint density at radius 1 is 1.31 bits per heavy atom. The van der Waals surface area contributed by atoms with Gasteiger partial charge in [0.2, 0.25) is 5.28 Å². The fourth-order valence-corrected chi connectivity index (χ4v) is 4.45. The van der Waals surface area contributed by atoms with Crippen molar-refractivity contribution in [2.45, 2.75) is 19.4 Å². The normalized spacial score (nSPS) is 14.8. The summed E-state index contributed by atoms with van der Waals surface area (Å²) in [7, 11) is 0. The number of aromatic nitrogens is 2. The number of imidazole rings is 1. The van der Waals surface area contributed by atoms with E-state index < -0.39 is 0 Å². The van der Waals surface area contributed by atoms with E-state index in [0.29, 0.717) is 5.28 Å². The van der Waals surface area contributed by atoms with Crippen molar-refractivity contribution in [3.63, 3.8) is 0 Å². The number of hydrogen-bond acceptors (Lipinski definition) is 1. The van der Waals surface area contributed by atoms with E-state index in [-0.39, 0.29) is 0 Å². The van der Waals surface area contributed by atoms with E-state index in [1.807, 2.05) is 0 Å². The number of nitrogens with zero attached hydrogens (tertiary/aromatic N) is 2. The molecule has 1 aromatic carbocycles. The van der Waals surface area contributed by atoms with Gasteiger partial charge in [0.1, 0.15) is 5.52 Å². The van der Waals surface area contributed by atoms with Crippen LogP contribution in [0.1, 0.15) is 12.0 Å². The Hall–Kier alpha value is 0.670. The van der Waals surface area contributed by atoms with E-state index in [1.165, 1.54) is 11.1 Å². The van der Waals surface area contributed by atoms with Crippen molar-refractivity contribution < 1.29 is 0 Å². The summed E-state index contributed by atoms with van der Waals surface area (Å²) >= 11 is 15.7. The highest BCUT2D eigenvalue weighted by molar-refractivity contribution is 14.1. The minimum Gasteiger partial charge on any atom is -0.314 e. The third kappa shape index (κ3) is 1.51. The molecule has 0 N–H and O–H groups in total. The molecule has 0 saturated carbocycles. The van der Waals surface area contributed by atoms with Gasteiger partial charge in [0, 0.05) is 15.5 Å². The Balaban J connectivity index is 2.57. The van der Waals surface area contributed by atoms with Gasteiger partial charge in [0.25, 0.3) is 0 Å². The molecule has 1 aromatic heterocycles. The Morgan fingerprint density at radius 2 is 2.06 bits per heavy atom. The quantitative estimate of drug-likeness (QED) is 0.396. The van der Waals surface area contributed by atoms with Crippen LogP contribution in [0, 0.1) is 3.57 Å². The highest BCUT2D eigenvalue weighted by Crippen LogP contribution is 2.41. The van der Waals surface area contributed by atoms with Gasteiger partial charge in [-0.05, 0) is 84.5 Å². The van der Waals surface area contributed by atoms with Crippen LogP contribution in [-0.2, 0) is 13.0 Å². The van der Waals surface area contributed by atoms with E-state index >= 15 is 0 Å². The smallest absolute Gasteiger partial charge is 0.203 e. The molecule has 16 heavy (non-hydrogen) atoms. The topological polar surface area (TPSA) is 17.8 Å². The molecule has 2 nitrogen and oxygen atoms in total. The Morgan fingerprint density at radius 3 is 2.81 bits per heavy atom. The summed E-state index contributed by atoms with van der Waals surface area (Å²) in [5.41, 5.74) is 3.51. The molecule has 0 saturated heterocycles. The summed E-state index contributed by atoms with van der Waals surface area (Å²) in [6.45, 7) is 0.965. The first-order valence-corrected chi connectivity index (χ1v) is 7.86. The first kappa shape index (κ1) is 11.7. The zero-order valence-electron chi connectivity index (χ0n) is 8.03. The van der Waals surface area contributed by atoms with Crippen LogP contribution in [-0.4, -0.2) is 9.55 Å². The van der Waals surface area contributed by atoms with Crippen molar-refractivity contribution in [3.8, 4) is 0 Å². The van der Waals surface area contributed by atoms with Crippen LogP contribution >= 0.6 is 66.1 Å². The summed E-state index contributed by atoms with van der Waals surface area (Å²) in [4.78, 5) is 4.46. The van der Waals surface area contributed by atoms with Gasteiger partial charge >= 0.3 is 0 Å². The molecule has 1 aliphatic heterocycles. The van der Waals surface area contributed by atoms with Gasteiger partial charge in [-0.1, -0.05) is 0 Å². The molecular formula is C10H6Br2ClIN2. The van der Waals surface area contributed by atoms with Gasteiger partial charge in [-0.25, -0.2) is 4.98 Å². The summed E-state index contributed by atoms with van der Waals surface area (Å²) in [6, 6.07) is 0. The SMILES string of the molecule is Clc1nc2c(I)c(Br)c(Br)c3c2n1CCC3. The van der Waals surface area contributed by atoms with Crippen LogP contribution in [0.2, 0.25) is 5.28 Å². The minimum atomic E-state index is 0.596. The Kier molecular flexibility index (Phi) is 3.01. The molecule has 0 unspecified atom stereocenters. The molecule has 0 amide bonds. The van der Waals surface area contributed by atoms with Crippen molar-refractivity contribution in [1.82, 2.24) is 9.55 Å². The lowest BCUT2D eigenvalue weighted by Gasteiger charge is -2.18. The van der Waals surface area contributed by atoms with Gasteiger partial charge in [-0.2, -0.15) is 0 Å². The Labute approximate surface area is 128 Å². The predicted molar refractivity (Wildman–Crippen MR) is 81.2 cm³/mol. The summed E-state index contributed by atoms with van der Waals surface area (Å²) in [6.07, 6.45) is 2.19. The molecule has 3 rings (SSSR count). The predicted octanol–water partition coefficient (Wildman–Crippen LogP) is 4.77. The lowest BCUT2D eigenvalue weighted by molar-refractivity contribution is 0.631. The van der Waals surface area contributed by atoms with E-state index in [9.17, 15) is 0 Å². The molecule has 2 aromatic rings. The number of rotatable bonds is 0. The van der Waals surface area contributed by atoms with E-state index in [0.717, 1.165) is 37.4 Å². The van der Waals surface area contributed by atoms with Crippen molar-refractivity contribution in [3.05, 3.63) is 23.4 Å². The number of aryl methyl sites for hydroxylation is 2. The van der Waals surface area contributed by atoms with Gasteiger partial charge in [0.15, 0.2) is 0 Å². The molecule has 84 valence electrons. The standard InChI is InChI=1S/C10H6Br2ClIN2/c11-5-4-2-1-3-16-9(4)8(15-10(16)13)7(14)6(5)12/h1-3H2. The van der Waals surface area contributed by atoms with E-state index in [4.69, 9.17) is 11.6 Å². The third-order valence-electron chi connectivity index (χ3n) is 2.87. The van der Waals surface area contributed by atoms with Crippen molar-refractivity contribution >= 4 is 77.1 Å². The second-order valence-corrected chi connectivity index (χ2v) is 6.76. The molecule has 0 fully saturated rings. The number of benzene rings is 1. The fraction of sp³-hybridized carbons (Fsp3) is 0.300. The molecular weight excluding hydrogens is 470 g/mol. The maximum Gasteiger partial charge on any atom is 0.203 e. The molecule has 0 spiro atoms. The maximum atomic E-state index is 6.17. The monoisotopic (exact) mass is 474 g/mol. The maximum absolute atomic E-state index is 6.17. The summed E-state index contributed by atoms with van der Waals surface area (Å²) < 4.78 is 5.45. The zero-order chi connectivity index (χ0) is 11.4. The van der Waals surface area contributed by atoms with Gasteiger partial charge in [-0.3, -0.25) is 0 Å². The number of halogens is 4. The van der Waals surface area contributed by atoms with Crippen molar-refractivity contribution in [1.29, 1.82) is 0 Å². The highest BCUT2D eigenvalue weighted by atomic mass is 127. The minimum absolute atomic E-state index is 0.596. The lowest BCUT2D eigenvalue weighted by Crippen LogP contribution is -2.08. The second-order valence-electron chi connectivity index (χ2n) is 3.75. The Bertz CT molecular complexity index is 609.